The Labute approximate surface area is 135 Å². The molecular formula is C16H21N5O2. The van der Waals surface area contributed by atoms with Crippen LogP contribution in [0.2, 0.25) is 0 Å². The Kier molecular flexibility index (Phi) is 4.12. The topological polar surface area (TPSA) is 73.1 Å². The second-order valence-corrected chi connectivity index (χ2v) is 6.76. The highest BCUT2D eigenvalue weighted by Gasteiger charge is 2.32. The summed E-state index contributed by atoms with van der Waals surface area (Å²) in [6.45, 7) is 8.12. The first-order valence-corrected chi connectivity index (χ1v) is 7.68. The van der Waals surface area contributed by atoms with Crippen molar-refractivity contribution in [2.45, 2.75) is 26.9 Å². The predicted molar refractivity (Wildman–Crippen MR) is 84.3 cm³/mol. The van der Waals surface area contributed by atoms with Gasteiger partial charge in [0, 0.05) is 19.3 Å². The summed E-state index contributed by atoms with van der Waals surface area (Å²) in [6.07, 6.45) is 6.58. The lowest BCUT2D eigenvalue weighted by molar-refractivity contribution is -0.0706. The number of nitrogens with zero attached hydrogens (tertiary/aromatic N) is 5. The summed E-state index contributed by atoms with van der Waals surface area (Å²) in [7, 11) is 0. The van der Waals surface area contributed by atoms with Gasteiger partial charge in [0.1, 0.15) is 0 Å². The summed E-state index contributed by atoms with van der Waals surface area (Å²) in [5, 5.41) is 7.70. The first-order chi connectivity index (χ1) is 10.9. The highest BCUT2D eigenvalue weighted by Crippen LogP contribution is 2.26. The van der Waals surface area contributed by atoms with Crippen molar-refractivity contribution >= 4 is 5.91 Å². The fourth-order valence-corrected chi connectivity index (χ4v) is 2.56. The van der Waals surface area contributed by atoms with Gasteiger partial charge in [0.15, 0.2) is 0 Å². The van der Waals surface area contributed by atoms with Crippen LogP contribution in [0.25, 0.3) is 5.69 Å². The van der Waals surface area contributed by atoms with E-state index in [1.54, 1.807) is 35.5 Å². The van der Waals surface area contributed by atoms with Crippen LogP contribution < -0.4 is 0 Å². The second kappa shape index (κ2) is 6.08. The van der Waals surface area contributed by atoms with Gasteiger partial charge < -0.3 is 9.64 Å². The lowest BCUT2D eigenvalue weighted by atomic mass is 9.88. The summed E-state index contributed by atoms with van der Waals surface area (Å²) >= 11 is 0. The fraction of sp³-hybridized carbons (Fsp3) is 0.500. The molecule has 0 saturated carbocycles. The zero-order valence-corrected chi connectivity index (χ0v) is 13.6. The van der Waals surface area contributed by atoms with Crippen molar-refractivity contribution in [3.05, 3.63) is 36.4 Å². The van der Waals surface area contributed by atoms with Crippen molar-refractivity contribution in [2.24, 2.45) is 5.41 Å². The standard InChI is InChI=1S/C16H21N5O2/c1-16(2,3)14-11-20(6-7-23-14)15(22)12-8-13(10-17-9-12)21-5-4-18-19-21/h4-5,8-10,14H,6-7,11H2,1-3H3. The molecule has 23 heavy (non-hydrogen) atoms. The molecule has 1 aliphatic heterocycles. The molecule has 7 heteroatoms. The number of pyridine rings is 1. The van der Waals surface area contributed by atoms with Crippen molar-refractivity contribution < 1.29 is 9.53 Å². The molecule has 3 rings (SSSR count). The maximum absolute atomic E-state index is 12.8. The molecular weight excluding hydrogens is 294 g/mol. The lowest BCUT2D eigenvalue weighted by Gasteiger charge is -2.39. The second-order valence-electron chi connectivity index (χ2n) is 6.76. The highest BCUT2D eigenvalue weighted by atomic mass is 16.5. The number of morpholine rings is 1. The molecule has 2 aromatic rings. The van der Waals surface area contributed by atoms with E-state index in [9.17, 15) is 4.79 Å². The fourth-order valence-electron chi connectivity index (χ4n) is 2.56. The average molecular weight is 315 g/mol. The van der Waals surface area contributed by atoms with Crippen molar-refractivity contribution in [3.63, 3.8) is 0 Å². The van der Waals surface area contributed by atoms with Gasteiger partial charge in [-0.05, 0) is 11.5 Å². The quantitative estimate of drug-likeness (QED) is 0.840. The molecule has 1 amide bonds. The normalized spacial score (nSPS) is 18.9. The monoisotopic (exact) mass is 315 g/mol. The summed E-state index contributed by atoms with van der Waals surface area (Å²) in [4.78, 5) is 18.8. The van der Waals surface area contributed by atoms with Gasteiger partial charge in [0.2, 0.25) is 0 Å². The summed E-state index contributed by atoms with van der Waals surface area (Å²) in [5.74, 6) is -0.0305. The van der Waals surface area contributed by atoms with Gasteiger partial charge in [-0.1, -0.05) is 26.0 Å². The first-order valence-electron chi connectivity index (χ1n) is 7.68. The summed E-state index contributed by atoms with van der Waals surface area (Å²) in [5.41, 5.74) is 1.27. The SMILES string of the molecule is CC(C)(C)C1CN(C(=O)c2cncc(-n3ccnn3)c2)CCO1. The third kappa shape index (κ3) is 3.39. The van der Waals surface area contributed by atoms with Crippen LogP contribution in [0.5, 0.6) is 0 Å². The highest BCUT2D eigenvalue weighted by molar-refractivity contribution is 5.94. The molecule has 0 radical (unpaired) electrons. The molecule has 0 N–H and O–H groups in total. The van der Waals surface area contributed by atoms with Crippen molar-refractivity contribution in [2.75, 3.05) is 19.7 Å². The molecule has 1 unspecified atom stereocenters. The molecule has 7 nitrogen and oxygen atoms in total. The molecule has 0 spiro atoms. The Hall–Kier alpha value is -2.28. The van der Waals surface area contributed by atoms with E-state index in [2.05, 4.69) is 36.1 Å². The Balaban J connectivity index is 1.79. The van der Waals surface area contributed by atoms with Crippen molar-refractivity contribution in [1.82, 2.24) is 24.9 Å². The van der Waals surface area contributed by atoms with Crippen LogP contribution in [-0.4, -0.2) is 56.6 Å². The van der Waals surface area contributed by atoms with E-state index in [4.69, 9.17) is 4.74 Å². The van der Waals surface area contributed by atoms with Crippen LogP contribution in [0.3, 0.4) is 0 Å². The summed E-state index contributed by atoms with van der Waals surface area (Å²) < 4.78 is 7.39. The van der Waals surface area contributed by atoms with Crippen LogP contribution in [0.15, 0.2) is 30.9 Å². The van der Waals surface area contributed by atoms with Crippen molar-refractivity contribution in [3.8, 4) is 5.69 Å². The Bertz CT molecular complexity index is 678. The molecule has 0 bridgehead atoms. The van der Waals surface area contributed by atoms with Gasteiger partial charge in [-0.3, -0.25) is 9.78 Å². The first kappa shape index (κ1) is 15.6. The minimum absolute atomic E-state index is 0.000220. The van der Waals surface area contributed by atoms with E-state index in [1.807, 2.05) is 4.90 Å². The van der Waals surface area contributed by atoms with Crippen LogP contribution in [-0.2, 0) is 4.74 Å². The molecule has 1 fully saturated rings. The van der Waals surface area contributed by atoms with Crippen LogP contribution in [0.1, 0.15) is 31.1 Å². The Morgan fingerprint density at radius 1 is 1.35 bits per heavy atom. The van der Waals surface area contributed by atoms with E-state index in [0.717, 1.165) is 0 Å². The smallest absolute Gasteiger partial charge is 0.255 e. The molecule has 1 atom stereocenters. The lowest BCUT2D eigenvalue weighted by Crippen LogP contribution is -2.50. The number of aromatic nitrogens is 4. The minimum Gasteiger partial charge on any atom is -0.374 e. The van der Waals surface area contributed by atoms with Crippen molar-refractivity contribution in [1.29, 1.82) is 0 Å². The largest absolute Gasteiger partial charge is 0.374 e. The zero-order chi connectivity index (χ0) is 16.4. The third-order valence-electron chi connectivity index (χ3n) is 3.98. The maximum Gasteiger partial charge on any atom is 0.255 e. The average Bonchev–Trinajstić information content (AvgIpc) is 3.08. The number of rotatable bonds is 2. The molecule has 0 aromatic carbocycles. The number of hydrogen-bond acceptors (Lipinski definition) is 5. The van der Waals surface area contributed by atoms with Crippen LogP contribution in [0.4, 0.5) is 0 Å². The molecule has 2 aromatic heterocycles. The van der Waals surface area contributed by atoms with E-state index in [1.165, 1.54) is 0 Å². The summed E-state index contributed by atoms with van der Waals surface area (Å²) in [6, 6.07) is 1.78. The van der Waals surface area contributed by atoms with E-state index >= 15 is 0 Å². The molecule has 3 heterocycles. The number of carbonyl (C=O) groups excluding carboxylic acids is 1. The molecule has 0 aliphatic carbocycles. The van der Waals surface area contributed by atoms with Crippen LogP contribution in [0, 0.1) is 5.41 Å². The molecule has 1 saturated heterocycles. The van der Waals surface area contributed by atoms with Gasteiger partial charge in [0.25, 0.3) is 5.91 Å². The Morgan fingerprint density at radius 2 is 2.17 bits per heavy atom. The molecule has 1 aliphatic rings. The number of carbonyl (C=O) groups is 1. The number of hydrogen-bond donors (Lipinski definition) is 0. The van der Waals surface area contributed by atoms with Gasteiger partial charge in [-0.15, -0.1) is 5.10 Å². The van der Waals surface area contributed by atoms with E-state index in [-0.39, 0.29) is 17.4 Å². The number of amides is 1. The zero-order valence-electron chi connectivity index (χ0n) is 13.6. The number of ether oxygens (including phenoxy) is 1. The Morgan fingerprint density at radius 3 is 2.87 bits per heavy atom. The van der Waals surface area contributed by atoms with Gasteiger partial charge in [-0.25, -0.2) is 4.68 Å². The predicted octanol–water partition coefficient (Wildman–Crippen LogP) is 1.55. The maximum atomic E-state index is 12.8. The van der Waals surface area contributed by atoms with Crippen LogP contribution >= 0.6 is 0 Å². The minimum atomic E-state index is -0.0305. The third-order valence-corrected chi connectivity index (χ3v) is 3.98. The molecule has 122 valence electrons. The van der Waals surface area contributed by atoms with Gasteiger partial charge in [0.05, 0.1) is 42.6 Å². The van der Waals surface area contributed by atoms with E-state index < -0.39 is 0 Å². The van der Waals surface area contributed by atoms with Gasteiger partial charge >= 0.3 is 0 Å². The van der Waals surface area contributed by atoms with E-state index in [0.29, 0.717) is 30.9 Å². The van der Waals surface area contributed by atoms with Gasteiger partial charge in [-0.2, -0.15) is 0 Å².